The van der Waals surface area contributed by atoms with Gasteiger partial charge in [-0.3, -0.25) is 9.59 Å². The van der Waals surface area contributed by atoms with Gasteiger partial charge in [-0.25, -0.2) is 0 Å². The van der Waals surface area contributed by atoms with Gasteiger partial charge in [-0.15, -0.1) is 11.3 Å². The van der Waals surface area contributed by atoms with Crippen LogP contribution in [0, 0.1) is 17.3 Å². The molecular formula is C28H39ClO5S. The van der Waals surface area contributed by atoms with E-state index in [9.17, 15) is 9.59 Å². The van der Waals surface area contributed by atoms with Gasteiger partial charge in [-0.1, -0.05) is 42.3 Å². The van der Waals surface area contributed by atoms with E-state index < -0.39 is 0 Å². The van der Waals surface area contributed by atoms with E-state index >= 15 is 0 Å². The van der Waals surface area contributed by atoms with Crippen LogP contribution in [0.4, 0.5) is 0 Å². The van der Waals surface area contributed by atoms with Crippen molar-refractivity contribution in [1.82, 2.24) is 0 Å². The number of thiophene rings is 1. The first-order valence-electron chi connectivity index (χ1n) is 12.6. The quantitative estimate of drug-likeness (QED) is 0.157. The number of ketones is 1. The molecule has 4 atom stereocenters. The third-order valence-corrected chi connectivity index (χ3v) is 8.96. The van der Waals surface area contributed by atoms with Crippen LogP contribution in [0.5, 0.6) is 0 Å². The van der Waals surface area contributed by atoms with Crippen molar-refractivity contribution in [2.24, 2.45) is 17.3 Å². The minimum Gasteiger partial charge on any atom is -0.469 e. The molecule has 1 heterocycles. The van der Waals surface area contributed by atoms with Crippen molar-refractivity contribution in [3.63, 3.8) is 0 Å². The normalized spacial score (nSPS) is 24.8. The molecule has 2 aliphatic carbocycles. The summed E-state index contributed by atoms with van der Waals surface area (Å²) in [6, 6.07) is 4.11. The van der Waals surface area contributed by atoms with Gasteiger partial charge in [0.15, 0.2) is 0 Å². The Morgan fingerprint density at radius 3 is 2.63 bits per heavy atom. The van der Waals surface area contributed by atoms with E-state index in [0.29, 0.717) is 19.3 Å². The Morgan fingerprint density at radius 1 is 1.23 bits per heavy atom. The van der Waals surface area contributed by atoms with E-state index in [0.717, 1.165) is 30.0 Å². The zero-order valence-electron chi connectivity index (χ0n) is 21.2. The molecule has 35 heavy (non-hydrogen) atoms. The summed E-state index contributed by atoms with van der Waals surface area (Å²) < 4.78 is 17.2. The van der Waals surface area contributed by atoms with Crippen molar-refractivity contribution in [3.8, 4) is 0 Å². The molecule has 7 heteroatoms. The maximum absolute atomic E-state index is 12.7. The average molecular weight is 523 g/mol. The Labute approximate surface area is 218 Å². The summed E-state index contributed by atoms with van der Waals surface area (Å²) in [5, 5.41) is 0. The molecule has 2 aliphatic rings. The third kappa shape index (κ3) is 7.51. The minimum absolute atomic E-state index is 0.0677. The minimum atomic E-state index is -0.185. The molecule has 194 valence electrons. The van der Waals surface area contributed by atoms with Gasteiger partial charge < -0.3 is 14.2 Å². The van der Waals surface area contributed by atoms with Gasteiger partial charge in [0.25, 0.3) is 0 Å². The fourth-order valence-corrected chi connectivity index (χ4v) is 6.81. The standard InChI is InChI=1S/C28H39ClO5S/c1-32-24-18-23(30)21(10-6-4-5-7-13-27(31)34-3)22(24)11-8-12-25(33-2)28(16-9-17-28)19-20-14-15-26(29)35-20/h4,6,8,11,14-15,21-22,24-25H,5,7,9-10,12-13,16-19H2,1-3H3/t21-,22-,24-,25?/m1/s1. The van der Waals surface area contributed by atoms with Gasteiger partial charge in [0.2, 0.25) is 0 Å². The van der Waals surface area contributed by atoms with Crippen LogP contribution in [-0.4, -0.2) is 45.3 Å². The number of Topliss-reactive ketones (excluding diaryl/α,β-unsaturated/α-hetero) is 1. The lowest BCUT2D eigenvalue weighted by atomic mass is 9.62. The molecule has 0 aromatic carbocycles. The first-order chi connectivity index (χ1) is 16.9. The number of methoxy groups -OCH3 is 3. The first-order valence-corrected chi connectivity index (χ1v) is 13.8. The number of esters is 1. The SMILES string of the molecule is COC(=O)CCCC=CC[C@H]1C(=O)C[C@@H](OC)[C@@H]1C=CCC(OC)C1(Cc2ccc(Cl)s2)CCC1. The Balaban J connectivity index is 1.58. The molecule has 5 nitrogen and oxygen atoms in total. The fraction of sp³-hybridized carbons (Fsp3) is 0.643. The van der Waals surface area contributed by atoms with Crippen molar-refractivity contribution < 1.29 is 23.8 Å². The lowest BCUT2D eigenvalue weighted by Crippen LogP contribution is -2.44. The number of allylic oxidation sites excluding steroid dienone is 2. The molecule has 0 amide bonds. The van der Waals surface area contributed by atoms with Crippen molar-refractivity contribution in [1.29, 1.82) is 0 Å². The summed E-state index contributed by atoms with van der Waals surface area (Å²) in [6.45, 7) is 0. The zero-order chi connectivity index (χ0) is 25.3. The summed E-state index contributed by atoms with van der Waals surface area (Å²) >= 11 is 7.83. The summed E-state index contributed by atoms with van der Waals surface area (Å²) in [5.74, 6) is 0.0759. The molecule has 1 aromatic rings. The van der Waals surface area contributed by atoms with Gasteiger partial charge in [0, 0.05) is 49.2 Å². The van der Waals surface area contributed by atoms with Crippen LogP contribution in [0.15, 0.2) is 36.4 Å². The molecule has 1 aromatic heterocycles. The lowest BCUT2D eigenvalue weighted by Gasteiger charge is -2.47. The number of hydrogen-bond acceptors (Lipinski definition) is 6. The predicted octanol–water partition coefficient (Wildman–Crippen LogP) is 6.59. The topological polar surface area (TPSA) is 61.8 Å². The third-order valence-electron chi connectivity index (χ3n) is 7.73. The second-order valence-corrected chi connectivity index (χ2v) is 11.6. The summed E-state index contributed by atoms with van der Waals surface area (Å²) in [7, 11) is 4.91. The van der Waals surface area contributed by atoms with Gasteiger partial charge in [-0.05, 0) is 57.1 Å². The van der Waals surface area contributed by atoms with Gasteiger partial charge >= 0.3 is 5.97 Å². The molecule has 0 saturated heterocycles. The van der Waals surface area contributed by atoms with Crippen molar-refractivity contribution in [2.75, 3.05) is 21.3 Å². The van der Waals surface area contributed by atoms with Crippen LogP contribution in [0.2, 0.25) is 4.34 Å². The highest BCUT2D eigenvalue weighted by Crippen LogP contribution is 2.49. The van der Waals surface area contributed by atoms with Crippen molar-refractivity contribution >= 4 is 34.7 Å². The number of rotatable bonds is 14. The van der Waals surface area contributed by atoms with E-state index in [2.05, 4.69) is 35.1 Å². The van der Waals surface area contributed by atoms with Crippen molar-refractivity contribution in [2.45, 2.75) is 76.4 Å². The fourth-order valence-electron chi connectivity index (χ4n) is 5.57. The summed E-state index contributed by atoms with van der Waals surface area (Å²) in [6.07, 6.45) is 17.1. The molecular weight excluding hydrogens is 484 g/mol. The monoisotopic (exact) mass is 522 g/mol. The Kier molecular flexibility index (Phi) is 11.0. The second kappa shape index (κ2) is 13.7. The summed E-state index contributed by atoms with van der Waals surface area (Å²) in [4.78, 5) is 25.3. The van der Waals surface area contributed by atoms with Crippen LogP contribution in [0.1, 0.15) is 62.7 Å². The van der Waals surface area contributed by atoms with Crippen LogP contribution in [0.25, 0.3) is 0 Å². The Bertz CT molecular complexity index is 888. The van der Waals surface area contributed by atoms with E-state index in [1.807, 2.05) is 13.2 Å². The van der Waals surface area contributed by atoms with Gasteiger partial charge in [-0.2, -0.15) is 0 Å². The van der Waals surface area contributed by atoms with E-state index in [1.54, 1.807) is 18.4 Å². The molecule has 1 unspecified atom stereocenters. The molecule has 0 N–H and O–H groups in total. The Morgan fingerprint density at radius 2 is 2.03 bits per heavy atom. The molecule has 0 bridgehead atoms. The number of hydrogen-bond donors (Lipinski definition) is 0. The van der Waals surface area contributed by atoms with Gasteiger partial charge in [0.1, 0.15) is 5.78 Å². The molecule has 0 radical (unpaired) electrons. The number of carbonyl (C=O) groups is 2. The summed E-state index contributed by atoms with van der Waals surface area (Å²) in [5.41, 5.74) is 0.158. The molecule has 0 spiro atoms. The highest BCUT2D eigenvalue weighted by molar-refractivity contribution is 7.16. The van der Waals surface area contributed by atoms with Crippen LogP contribution in [0.3, 0.4) is 0 Å². The van der Waals surface area contributed by atoms with Crippen LogP contribution < -0.4 is 0 Å². The molecule has 3 rings (SSSR count). The average Bonchev–Trinajstić information content (AvgIpc) is 3.38. The van der Waals surface area contributed by atoms with Gasteiger partial charge in [0.05, 0.1) is 23.7 Å². The second-order valence-electron chi connectivity index (χ2n) is 9.79. The highest BCUT2D eigenvalue weighted by Gasteiger charge is 2.44. The smallest absolute Gasteiger partial charge is 0.305 e. The number of halogens is 1. The largest absolute Gasteiger partial charge is 0.469 e. The highest BCUT2D eigenvalue weighted by atomic mass is 35.5. The number of ether oxygens (including phenoxy) is 3. The van der Waals surface area contributed by atoms with E-state index in [-0.39, 0.29) is 41.2 Å². The van der Waals surface area contributed by atoms with E-state index in [1.165, 1.54) is 31.2 Å². The van der Waals surface area contributed by atoms with E-state index in [4.69, 9.17) is 21.1 Å². The first kappa shape index (κ1) is 28.1. The molecule has 2 fully saturated rings. The molecule has 0 aliphatic heterocycles. The lowest BCUT2D eigenvalue weighted by molar-refractivity contribution is -0.140. The number of unbranched alkanes of at least 4 members (excludes halogenated alkanes) is 1. The predicted molar refractivity (Wildman–Crippen MR) is 141 cm³/mol. The zero-order valence-corrected chi connectivity index (χ0v) is 22.7. The molecule has 2 saturated carbocycles. The maximum Gasteiger partial charge on any atom is 0.305 e. The van der Waals surface area contributed by atoms with Crippen molar-refractivity contribution in [3.05, 3.63) is 45.7 Å². The van der Waals surface area contributed by atoms with Crippen LogP contribution >= 0.6 is 22.9 Å². The van der Waals surface area contributed by atoms with Crippen LogP contribution in [-0.2, 0) is 30.2 Å². The maximum atomic E-state index is 12.7. The Hall–Kier alpha value is -1.47. The number of carbonyl (C=O) groups excluding carboxylic acids is 2.